The summed E-state index contributed by atoms with van der Waals surface area (Å²) in [6, 6.07) is 11.9. The van der Waals surface area contributed by atoms with Gasteiger partial charge in [0.15, 0.2) is 0 Å². The van der Waals surface area contributed by atoms with Gasteiger partial charge in [0.05, 0.1) is 6.42 Å². The molecule has 1 aromatic heterocycles. The summed E-state index contributed by atoms with van der Waals surface area (Å²) in [5.41, 5.74) is 2.87. The summed E-state index contributed by atoms with van der Waals surface area (Å²) in [5.74, 6) is -0.302. The maximum absolute atomic E-state index is 12.8. The fraction of sp³-hybridized carbons (Fsp3) is 0.167. The van der Waals surface area contributed by atoms with Crippen LogP contribution < -0.4 is 5.32 Å². The van der Waals surface area contributed by atoms with Crippen LogP contribution in [0.15, 0.2) is 48.7 Å². The number of amides is 1. The lowest BCUT2D eigenvalue weighted by Gasteiger charge is -2.05. The zero-order valence-corrected chi connectivity index (χ0v) is 13.2. The minimum atomic E-state index is -0.254. The number of halogens is 2. The van der Waals surface area contributed by atoms with Crippen LogP contribution in [-0.4, -0.2) is 17.4 Å². The van der Waals surface area contributed by atoms with Crippen LogP contribution in [0.4, 0.5) is 4.39 Å². The van der Waals surface area contributed by atoms with Crippen LogP contribution in [0, 0.1) is 5.82 Å². The third-order valence-electron chi connectivity index (χ3n) is 3.73. The quantitative estimate of drug-likeness (QED) is 0.733. The predicted octanol–water partition coefficient (Wildman–Crippen LogP) is 3.86. The number of nitrogens with one attached hydrogen (secondary N) is 2. The molecule has 118 valence electrons. The molecular formula is C18H16ClFN2O. The van der Waals surface area contributed by atoms with Gasteiger partial charge in [0.25, 0.3) is 0 Å². The van der Waals surface area contributed by atoms with Crippen LogP contribution in [-0.2, 0) is 17.6 Å². The minimum absolute atomic E-state index is 0.0482. The highest BCUT2D eigenvalue weighted by Gasteiger charge is 2.09. The lowest BCUT2D eigenvalue weighted by Crippen LogP contribution is -2.27. The highest BCUT2D eigenvalue weighted by molar-refractivity contribution is 6.31. The first kappa shape index (κ1) is 15.6. The third-order valence-corrected chi connectivity index (χ3v) is 3.96. The molecule has 0 saturated carbocycles. The van der Waals surface area contributed by atoms with Crippen LogP contribution in [0.1, 0.15) is 11.1 Å². The molecule has 23 heavy (non-hydrogen) atoms. The van der Waals surface area contributed by atoms with E-state index in [2.05, 4.69) is 10.3 Å². The number of hydrogen-bond donors (Lipinski definition) is 2. The average Bonchev–Trinajstić information content (AvgIpc) is 2.91. The van der Waals surface area contributed by atoms with Crippen LogP contribution in [0.2, 0.25) is 5.02 Å². The Labute approximate surface area is 138 Å². The maximum atomic E-state index is 12.8. The van der Waals surface area contributed by atoms with Crippen molar-refractivity contribution in [3.63, 3.8) is 0 Å². The number of fused-ring (bicyclic) bond motifs is 1. The standard InChI is InChI=1S/C18H16ClFN2O/c19-14-3-6-17-16(10-14)13(11-22-17)9-18(23)21-8-7-12-1-4-15(20)5-2-12/h1-6,10-11,22H,7-9H2,(H,21,23). The summed E-state index contributed by atoms with van der Waals surface area (Å²) in [6.45, 7) is 0.521. The largest absolute Gasteiger partial charge is 0.361 e. The van der Waals surface area contributed by atoms with Crippen molar-refractivity contribution in [1.82, 2.24) is 10.3 Å². The Morgan fingerprint density at radius 1 is 1.17 bits per heavy atom. The first-order chi connectivity index (χ1) is 11.1. The van der Waals surface area contributed by atoms with Gasteiger partial charge in [0.1, 0.15) is 5.82 Å². The monoisotopic (exact) mass is 330 g/mol. The smallest absolute Gasteiger partial charge is 0.224 e. The van der Waals surface area contributed by atoms with Gasteiger partial charge in [-0.15, -0.1) is 0 Å². The number of carbonyl (C=O) groups is 1. The van der Waals surface area contributed by atoms with Crippen molar-refractivity contribution in [2.45, 2.75) is 12.8 Å². The molecule has 1 amide bonds. The van der Waals surface area contributed by atoms with E-state index in [4.69, 9.17) is 11.6 Å². The van der Waals surface area contributed by atoms with E-state index in [0.717, 1.165) is 22.0 Å². The molecule has 3 rings (SSSR count). The zero-order valence-electron chi connectivity index (χ0n) is 12.4. The van der Waals surface area contributed by atoms with Gasteiger partial charge in [-0.05, 0) is 47.9 Å². The number of H-pyrrole nitrogens is 1. The van der Waals surface area contributed by atoms with Gasteiger partial charge in [0.2, 0.25) is 5.91 Å². The van der Waals surface area contributed by atoms with E-state index in [1.807, 2.05) is 24.4 Å². The molecule has 0 aliphatic rings. The minimum Gasteiger partial charge on any atom is -0.361 e. The Kier molecular flexibility index (Phi) is 4.63. The van der Waals surface area contributed by atoms with Crippen LogP contribution in [0.25, 0.3) is 10.9 Å². The molecule has 0 unspecified atom stereocenters. The summed E-state index contributed by atoms with van der Waals surface area (Å²) in [4.78, 5) is 15.2. The normalized spacial score (nSPS) is 10.9. The average molecular weight is 331 g/mol. The first-order valence-electron chi connectivity index (χ1n) is 7.38. The van der Waals surface area contributed by atoms with Crippen molar-refractivity contribution in [3.8, 4) is 0 Å². The highest BCUT2D eigenvalue weighted by Crippen LogP contribution is 2.22. The first-order valence-corrected chi connectivity index (χ1v) is 7.76. The topological polar surface area (TPSA) is 44.9 Å². The molecule has 1 heterocycles. The Morgan fingerprint density at radius 3 is 2.74 bits per heavy atom. The molecule has 0 atom stereocenters. The van der Waals surface area contributed by atoms with Gasteiger partial charge < -0.3 is 10.3 Å². The molecule has 0 radical (unpaired) electrons. The fourth-order valence-electron chi connectivity index (χ4n) is 2.53. The summed E-state index contributed by atoms with van der Waals surface area (Å²) >= 11 is 6.01. The van der Waals surface area contributed by atoms with E-state index in [1.54, 1.807) is 12.1 Å². The molecule has 0 bridgehead atoms. The van der Waals surface area contributed by atoms with E-state index < -0.39 is 0 Å². The molecule has 5 heteroatoms. The van der Waals surface area contributed by atoms with Gasteiger partial charge in [-0.3, -0.25) is 4.79 Å². The van der Waals surface area contributed by atoms with Crippen molar-refractivity contribution in [3.05, 3.63) is 70.6 Å². The van der Waals surface area contributed by atoms with E-state index >= 15 is 0 Å². The van der Waals surface area contributed by atoms with E-state index in [-0.39, 0.29) is 11.7 Å². The number of benzene rings is 2. The second kappa shape index (κ2) is 6.84. The van der Waals surface area contributed by atoms with Crippen LogP contribution in [0.3, 0.4) is 0 Å². The molecule has 0 aliphatic carbocycles. The molecule has 3 nitrogen and oxygen atoms in total. The van der Waals surface area contributed by atoms with Gasteiger partial charge in [0, 0.05) is 28.7 Å². The molecule has 0 aliphatic heterocycles. The van der Waals surface area contributed by atoms with Crippen LogP contribution >= 0.6 is 11.6 Å². The van der Waals surface area contributed by atoms with Gasteiger partial charge in [-0.1, -0.05) is 23.7 Å². The van der Waals surface area contributed by atoms with E-state index in [1.165, 1.54) is 12.1 Å². The van der Waals surface area contributed by atoms with E-state index in [0.29, 0.717) is 24.4 Å². The van der Waals surface area contributed by atoms with Gasteiger partial charge in [-0.25, -0.2) is 4.39 Å². The summed E-state index contributed by atoms with van der Waals surface area (Å²) < 4.78 is 12.8. The third kappa shape index (κ3) is 3.90. The molecule has 0 saturated heterocycles. The van der Waals surface area contributed by atoms with Crippen molar-refractivity contribution in [1.29, 1.82) is 0 Å². The number of aromatic amines is 1. The van der Waals surface area contributed by atoms with Crippen LogP contribution in [0.5, 0.6) is 0 Å². The Bertz CT molecular complexity index is 827. The molecule has 0 fully saturated rings. The van der Waals surface area contributed by atoms with E-state index in [9.17, 15) is 9.18 Å². The van der Waals surface area contributed by atoms with Crippen molar-refractivity contribution in [2.75, 3.05) is 6.54 Å². The van der Waals surface area contributed by atoms with Gasteiger partial charge in [-0.2, -0.15) is 0 Å². The number of aromatic nitrogens is 1. The second-order valence-corrected chi connectivity index (χ2v) is 5.84. The SMILES string of the molecule is O=C(Cc1c[nH]c2ccc(Cl)cc12)NCCc1ccc(F)cc1. The molecule has 2 aromatic carbocycles. The maximum Gasteiger partial charge on any atom is 0.224 e. The molecular weight excluding hydrogens is 315 g/mol. The van der Waals surface area contributed by atoms with Crippen molar-refractivity contribution < 1.29 is 9.18 Å². The molecule has 2 N–H and O–H groups in total. The Hall–Kier alpha value is -2.33. The number of rotatable bonds is 5. The van der Waals surface area contributed by atoms with Crippen molar-refractivity contribution in [2.24, 2.45) is 0 Å². The zero-order chi connectivity index (χ0) is 16.2. The summed E-state index contributed by atoms with van der Waals surface area (Å²) in [7, 11) is 0. The lowest BCUT2D eigenvalue weighted by molar-refractivity contribution is -0.120. The second-order valence-electron chi connectivity index (χ2n) is 5.41. The highest BCUT2D eigenvalue weighted by atomic mass is 35.5. The predicted molar refractivity (Wildman–Crippen MR) is 90.1 cm³/mol. The molecule has 0 spiro atoms. The number of hydrogen-bond acceptors (Lipinski definition) is 1. The van der Waals surface area contributed by atoms with Crippen molar-refractivity contribution >= 4 is 28.4 Å². The fourth-order valence-corrected chi connectivity index (χ4v) is 2.70. The summed E-state index contributed by atoms with van der Waals surface area (Å²) in [6.07, 6.45) is 2.80. The summed E-state index contributed by atoms with van der Waals surface area (Å²) in [5, 5.41) is 4.50. The Balaban J connectivity index is 1.56. The molecule has 3 aromatic rings. The Morgan fingerprint density at radius 2 is 1.96 bits per heavy atom. The van der Waals surface area contributed by atoms with Gasteiger partial charge >= 0.3 is 0 Å². The lowest BCUT2D eigenvalue weighted by atomic mass is 10.1. The number of carbonyl (C=O) groups excluding carboxylic acids is 1.